The number of carboxylic acids is 4. The summed E-state index contributed by atoms with van der Waals surface area (Å²) in [6.45, 7) is 21.0. The molecule has 2 amide bonds. The summed E-state index contributed by atoms with van der Waals surface area (Å²) in [4.78, 5) is 120. The largest absolute Gasteiger partial charge is 0.477 e. The molecule has 0 spiro atoms. The van der Waals surface area contributed by atoms with Gasteiger partial charge in [0.2, 0.25) is 11.8 Å². The standard InChI is InChI=1S/2C18H32O9S.2C17H29NO7S.CH4/c2*1-9(2)26-18(17(24)25)6-13(21)11(5-12(20)10(3)8-28-4)16(27-18)15(23)14(22)7-19;2*1-9(2)24-17(16(22)23)7-13(21)15(18-11(4)19)14(25-17)6-12(20)10(3)8-26-5;/h2*9-11,13-16,19,21-23H,5-8H2,1-4H3,(H,24,25);2*9-10,13-15,21H,6-8H2,1-5H3,(H,18,19)(H,22,23);1H4. The van der Waals surface area contributed by atoms with Crippen molar-refractivity contribution in [2.24, 2.45) is 35.5 Å². The van der Waals surface area contributed by atoms with E-state index in [0.29, 0.717) is 23.0 Å². The Morgan fingerprint density at radius 2 is 0.615 bits per heavy atom. The van der Waals surface area contributed by atoms with Crippen LogP contribution in [0.1, 0.15) is 156 Å². The maximum Gasteiger partial charge on any atom is 0.364 e. The van der Waals surface area contributed by atoms with Crippen LogP contribution in [0.4, 0.5) is 0 Å². The summed E-state index contributed by atoms with van der Waals surface area (Å²) in [6, 6.07) is -1.78. The van der Waals surface area contributed by atoms with Crippen molar-refractivity contribution in [2.75, 3.05) is 61.2 Å². The van der Waals surface area contributed by atoms with Gasteiger partial charge in [-0.1, -0.05) is 35.1 Å². The van der Waals surface area contributed by atoms with Gasteiger partial charge in [0.25, 0.3) is 23.1 Å². The number of ether oxygens (including phenoxy) is 8. The lowest BCUT2D eigenvalue weighted by atomic mass is 9.79. The van der Waals surface area contributed by atoms with Crippen LogP contribution >= 0.6 is 47.0 Å². The minimum atomic E-state index is -2.24. The van der Waals surface area contributed by atoms with E-state index in [1.807, 2.05) is 25.0 Å². The maximum absolute atomic E-state index is 12.5. The zero-order valence-corrected chi connectivity index (χ0v) is 68.3. The Kier molecular flexibility index (Phi) is 47.5. The van der Waals surface area contributed by atoms with Crippen LogP contribution in [0.5, 0.6) is 0 Å². The van der Waals surface area contributed by atoms with Crippen LogP contribution in [0.25, 0.3) is 0 Å². The number of rotatable bonds is 40. The van der Waals surface area contributed by atoms with Crippen molar-refractivity contribution in [1.82, 2.24) is 10.6 Å². The number of carboxylic acid groups (broad SMARTS) is 4. The SMILES string of the molecule is C.CSCC(C)C(=O)CC1C(O)CC(OC(C)C)(C(=O)O)OC1C(O)C(O)CO.CSCC(C)C(=O)CC1C(O)CC(OC(C)C)(C(=O)O)OC1C(O)C(O)CO.CSCC(C)C(=O)CC1OC(OC(C)C)(C(=O)O)CC(O)C1NC(C)=O.CSCC(C)C(=O)CC1OC(OC(C)C)(C(=O)O)CC(O)C1NC(C)=O. The van der Waals surface area contributed by atoms with E-state index in [4.69, 9.17) is 48.1 Å². The van der Waals surface area contributed by atoms with Gasteiger partial charge in [0.1, 0.15) is 47.5 Å². The van der Waals surface area contributed by atoms with E-state index in [2.05, 4.69) is 10.6 Å². The number of carbonyl (C=O) groups excluding carboxylic acids is 6. The normalized spacial score (nSPS) is 30.5. The molecule has 0 bridgehead atoms. The van der Waals surface area contributed by atoms with Crippen LogP contribution in [0.15, 0.2) is 0 Å². The molecule has 0 saturated carbocycles. The third kappa shape index (κ3) is 32.1. The number of nitrogens with one attached hydrogen (secondary N) is 2. The number of aliphatic hydroxyl groups is 10. The van der Waals surface area contributed by atoms with Gasteiger partial charge in [-0.15, -0.1) is 0 Å². The fourth-order valence-corrected chi connectivity index (χ4v) is 15.4. The molecule has 4 aliphatic heterocycles. The van der Waals surface area contributed by atoms with Gasteiger partial charge in [-0.2, -0.15) is 47.0 Å². The molecule has 24 unspecified atom stereocenters. The third-order valence-electron chi connectivity index (χ3n) is 17.8. The molecule has 4 rings (SSSR count). The zero-order valence-electron chi connectivity index (χ0n) is 65.0. The second-order valence-corrected chi connectivity index (χ2v) is 32.5. The first kappa shape index (κ1) is 105. The van der Waals surface area contributed by atoms with Gasteiger partial charge in [0, 0.05) is 124 Å². The lowest BCUT2D eigenvalue weighted by Crippen LogP contribution is -2.64. The number of Topliss-reactive ketones (excluding diaryl/α,β-unsaturated/α-hetero) is 4. The number of hydrogen-bond donors (Lipinski definition) is 16. The van der Waals surface area contributed by atoms with Crippen LogP contribution in [0, 0.1) is 35.5 Å². The lowest BCUT2D eigenvalue weighted by molar-refractivity contribution is -0.327. The van der Waals surface area contributed by atoms with Gasteiger partial charge < -0.3 is 120 Å². The fraction of sp³-hybridized carbons (Fsp3) is 0.859. The molecule has 109 heavy (non-hydrogen) atoms. The van der Waals surface area contributed by atoms with Gasteiger partial charge in [0.15, 0.2) is 0 Å². The summed E-state index contributed by atoms with van der Waals surface area (Å²) in [5, 5.41) is 145. The fourth-order valence-electron chi connectivity index (χ4n) is 12.6. The quantitative estimate of drug-likeness (QED) is 0.0413. The van der Waals surface area contributed by atoms with Crippen molar-refractivity contribution in [1.29, 1.82) is 0 Å². The molecule has 0 radical (unpaired) electrons. The summed E-state index contributed by atoms with van der Waals surface area (Å²) in [5.41, 5.74) is 0. The molecular formula is C71H126N2O32S4. The van der Waals surface area contributed by atoms with E-state index >= 15 is 0 Å². The zero-order chi connectivity index (χ0) is 83.4. The summed E-state index contributed by atoms with van der Waals surface area (Å²) in [5.74, 6) is -16.4. The minimum absolute atomic E-state index is 0. The lowest BCUT2D eigenvalue weighted by Gasteiger charge is -2.47. The number of aliphatic hydroxyl groups excluding tert-OH is 10. The average molecular weight is 1650 g/mol. The molecule has 0 aromatic carbocycles. The first-order valence-corrected chi connectivity index (χ1v) is 41.2. The Balaban J connectivity index is 0.00000142. The second kappa shape index (κ2) is 49.2. The van der Waals surface area contributed by atoms with Gasteiger partial charge in [-0.05, 0) is 80.4 Å². The van der Waals surface area contributed by atoms with Crippen molar-refractivity contribution in [3.63, 3.8) is 0 Å². The Labute approximate surface area is 656 Å². The molecule has 4 saturated heterocycles. The number of ketones is 4. The molecule has 24 atom stereocenters. The number of carbonyl (C=O) groups is 10. The Bertz CT molecular complexity index is 2670. The van der Waals surface area contributed by atoms with E-state index in [1.165, 1.54) is 60.9 Å². The van der Waals surface area contributed by atoms with E-state index < -0.39 is 206 Å². The predicted molar refractivity (Wildman–Crippen MR) is 404 cm³/mol. The number of thioether (sulfide) groups is 4. The molecule has 4 aliphatic rings. The maximum atomic E-state index is 12.5. The molecule has 0 aromatic heterocycles. The highest BCUT2D eigenvalue weighted by atomic mass is 32.2. The van der Waals surface area contributed by atoms with Crippen LogP contribution in [-0.4, -0.2) is 324 Å². The molecule has 0 aromatic rings. The highest BCUT2D eigenvalue weighted by molar-refractivity contribution is 7.99. The van der Waals surface area contributed by atoms with Gasteiger partial charge in [-0.3, -0.25) is 28.8 Å². The monoisotopic (exact) mass is 1650 g/mol. The second-order valence-electron chi connectivity index (χ2n) is 28.8. The minimum Gasteiger partial charge on any atom is -0.477 e. The molecule has 34 nitrogen and oxygen atoms in total. The van der Waals surface area contributed by atoms with Crippen molar-refractivity contribution in [3.05, 3.63) is 0 Å². The first-order valence-electron chi connectivity index (χ1n) is 35.6. The smallest absolute Gasteiger partial charge is 0.364 e. The molecular weight excluding hydrogens is 1520 g/mol. The topological polar surface area (TPSA) is 552 Å². The van der Waals surface area contributed by atoms with Crippen molar-refractivity contribution in [2.45, 2.75) is 289 Å². The Hall–Kier alpha value is -3.82. The van der Waals surface area contributed by atoms with Gasteiger partial charge in [0.05, 0.1) is 98.5 Å². The van der Waals surface area contributed by atoms with Crippen LogP contribution in [0.2, 0.25) is 0 Å². The predicted octanol–water partition coefficient (Wildman–Crippen LogP) is 1.51. The van der Waals surface area contributed by atoms with Gasteiger partial charge >= 0.3 is 23.9 Å². The highest BCUT2D eigenvalue weighted by Gasteiger charge is 2.60. The molecule has 0 aliphatic carbocycles. The van der Waals surface area contributed by atoms with E-state index in [9.17, 15) is 109 Å². The van der Waals surface area contributed by atoms with Crippen molar-refractivity contribution >= 4 is 106 Å². The average Bonchev–Trinajstić information content (AvgIpc) is 0.788. The number of hydrogen-bond acceptors (Lipinski definition) is 32. The Morgan fingerprint density at radius 3 is 0.817 bits per heavy atom. The van der Waals surface area contributed by atoms with E-state index in [-0.39, 0.29) is 92.8 Å². The molecule has 636 valence electrons. The van der Waals surface area contributed by atoms with Crippen LogP contribution in [0.3, 0.4) is 0 Å². The summed E-state index contributed by atoms with van der Waals surface area (Å²) >= 11 is 6.04. The molecule has 16 N–H and O–H groups in total. The van der Waals surface area contributed by atoms with E-state index in [0.717, 1.165) is 0 Å². The highest BCUT2D eigenvalue weighted by Crippen LogP contribution is 2.42. The van der Waals surface area contributed by atoms with Crippen LogP contribution < -0.4 is 10.6 Å². The number of amides is 2. The molecule has 4 heterocycles. The number of aliphatic carboxylic acids is 4. The molecule has 38 heteroatoms. The summed E-state index contributed by atoms with van der Waals surface area (Å²) in [7, 11) is 0. The summed E-state index contributed by atoms with van der Waals surface area (Å²) in [6.07, 6.45) is -13.4. The summed E-state index contributed by atoms with van der Waals surface area (Å²) < 4.78 is 44.4. The van der Waals surface area contributed by atoms with Crippen LogP contribution in [-0.2, 0) is 85.8 Å². The molecule has 4 fully saturated rings. The first-order chi connectivity index (χ1) is 50.0. The third-order valence-corrected chi connectivity index (χ3v) is 21.2. The van der Waals surface area contributed by atoms with E-state index in [1.54, 1.807) is 83.1 Å². The van der Waals surface area contributed by atoms with Crippen molar-refractivity contribution < 1.29 is 157 Å². The van der Waals surface area contributed by atoms with Gasteiger partial charge in [-0.25, -0.2) is 19.2 Å². The Morgan fingerprint density at radius 1 is 0.394 bits per heavy atom. The van der Waals surface area contributed by atoms with Crippen molar-refractivity contribution in [3.8, 4) is 0 Å².